The predicted octanol–water partition coefficient (Wildman–Crippen LogP) is 0.716. The first-order valence-corrected chi connectivity index (χ1v) is 5.54. The Kier molecular flexibility index (Phi) is 3.53. The van der Waals surface area contributed by atoms with Crippen molar-refractivity contribution < 1.29 is 9.59 Å². The van der Waals surface area contributed by atoms with E-state index in [-0.39, 0.29) is 24.3 Å². The number of rotatable bonds is 3. The van der Waals surface area contributed by atoms with Crippen LogP contribution in [0.3, 0.4) is 0 Å². The molecule has 2 N–H and O–H groups in total. The molecule has 0 saturated heterocycles. The van der Waals surface area contributed by atoms with Gasteiger partial charge in [0.25, 0.3) is 0 Å². The van der Waals surface area contributed by atoms with Crippen LogP contribution in [-0.2, 0) is 9.59 Å². The molecule has 4 nitrogen and oxygen atoms in total. The zero-order chi connectivity index (χ0) is 12.5. The molecule has 0 fully saturated rings. The molecule has 1 aliphatic heterocycles. The van der Waals surface area contributed by atoms with Crippen molar-refractivity contribution in [2.75, 3.05) is 6.54 Å². The summed E-state index contributed by atoms with van der Waals surface area (Å²) in [6, 6.07) is -0.565. The van der Waals surface area contributed by atoms with Gasteiger partial charge in [-0.25, -0.2) is 0 Å². The maximum absolute atomic E-state index is 12.2. The van der Waals surface area contributed by atoms with E-state index in [1.54, 1.807) is 11.0 Å². The van der Waals surface area contributed by atoms with E-state index in [1.165, 1.54) is 6.08 Å². The summed E-state index contributed by atoms with van der Waals surface area (Å²) in [6.07, 6.45) is 3.30. The van der Waals surface area contributed by atoms with E-state index in [9.17, 15) is 9.59 Å². The molecule has 1 amide bonds. The van der Waals surface area contributed by atoms with Crippen LogP contribution in [0.5, 0.6) is 0 Å². The van der Waals surface area contributed by atoms with E-state index in [2.05, 4.69) is 0 Å². The highest BCUT2D eigenvalue weighted by Gasteiger charge is 2.37. The summed E-state index contributed by atoms with van der Waals surface area (Å²) in [5.74, 6) is -0.112. The molecule has 0 aromatic heterocycles. The van der Waals surface area contributed by atoms with Gasteiger partial charge in [-0.3, -0.25) is 9.59 Å². The molecule has 16 heavy (non-hydrogen) atoms. The first-order chi connectivity index (χ1) is 7.29. The highest BCUT2D eigenvalue weighted by molar-refractivity contribution is 5.97. The summed E-state index contributed by atoms with van der Waals surface area (Å²) < 4.78 is 0. The molecule has 0 radical (unpaired) electrons. The van der Waals surface area contributed by atoms with Gasteiger partial charge in [0, 0.05) is 24.1 Å². The number of nitrogens with two attached hydrogens (primary N) is 1. The van der Waals surface area contributed by atoms with Crippen molar-refractivity contribution in [1.29, 1.82) is 0 Å². The molecule has 0 bridgehead atoms. The fraction of sp³-hybridized carbons (Fsp3) is 0.667. The fourth-order valence-corrected chi connectivity index (χ4v) is 1.89. The van der Waals surface area contributed by atoms with E-state index < -0.39 is 11.5 Å². The van der Waals surface area contributed by atoms with Gasteiger partial charge in [0.2, 0.25) is 5.91 Å². The second-order valence-corrected chi connectivity index (χ2v) is 5.21. The smallest absolute Gasteiger partial charge is 0.247 e. The number of amides is 1. The molecule has 0 saturated carbocycles. The van der Waals surface area contributed by atoms with Crippen LogP contribution < -0.4 is 5.73 Å². The minimum atomic E-state index is -0.516. The Balaban J connectivity index is 2.92. The van der Waals surface area contributed by atoms with Crippen molar-refractivity contribution in [1.82, 2.24) is 4.90 Å². The van der Waals surface area contributed by atoms with Crippen LogP contribution in [0.15, 0.2) is 12.2 Å². The Morgan fingerprint density at radius 3 is 2.44 bits per heavy atom. The van der Waals surface area contributed by atoms with Crippen molar-refractivity contribution in [2.24, 2.45) is 11.1 Å². The average Bonchev–Trinajstić information content (AvgIpc) is 2.49. The van der Waals surface area contributed by atoms with Crippen molar-refractivity contribution in [3.63, 3.8) is 0 Å². The topological polar surface area (TPSA) is 63.4 Å². The third-order valence-corrected chi connectivity index (χ3v) is 2.81. The Bertz CT molecular complexity index is 328. The van der Waals surface area contributed by atoms with Gasteiger partial charge in [-0.15, -0.1) is 0 Å². The molecule has 90 valence electrons. The van der Waals surface area contributed by atoms with Gasteiger partial charge in [0.05, 0.1) is 0 Å². The van der Waals surface area contributed by atoms with Crippen molar-refractivity contribution in [3.8, 4) is 0 Å². The predicted molar refractivity (Wildman–Crippen MR) is 62.8 cm³/mol. The van der Waals surface area contributed by atoms with E-state index in [4.69, 9.17) is 5.73 Å². The molecular formula is C12H20N2O2. The van der Waals surface area contributed by atoms with Gasteiger partial charge in [0.1, 0.15) is 6.04 Å². The highest BCUT2D eigenvalue weighted by Crippen LogP contribution is 2.23. The van der Waals surface area contributed by atoms with Crippen LogP contribution in [0.2, 0.25) is 0 Å². The standard InChI is InChI=1S/C12H20N2O2/c1-8-5-6-10(15)14(8)9(7-13)11(16)12(2,3)4/h5-6,8-9H,7,13H2,1-4H3/t8?,9-/m0/s1. The number of ketones is 1. The summed E-state index contributed by atoms with van der Waals surface area (Å²) in [5, 5.41) is 0. The van der Waals surface area contributed by atoms with Gasteiger partial charge >= 0.3 is 0 Å². The summed E-state index contributed by atoms with van der Waals surface area (Å²) >= 11 is 0. The third-order valence-electron chi connectivity index (χ3n) is 2.81. The summed E-state index contributed by atoms with van der Waals surface area (Å²) in [5.41, 5.74) is 5.15. The number of hydrogen-bond acceptors (Lipinski definition) is 3. The largest absolute Gasteiger partial charge is 0.328 e. The molecule has 1 unspecified atom stereocenters. The van der Waals surface area contributed by atoms with Crippen LogP contribution in [0.1, 0.15) is 27.7 Å². The second kappa shape index (κ2) is 4.37. The first kappa shape index (κ1) is 12.9. The fourth-order valence-electron chi connectivity index (χ4n) is 1.89. The minimum Gasteiger partial charge on any atom is -0.328 e. The Morgan fingerprint density at radius 1 is 1.56 bits per heavy atom. The zero-order valence-electron chi connectivity index (χ0n) is 10.4. The number of carbonyl (C=O) groups is 2. The molecule has 4 heteroatoms. The van der Waals surface area contributed by atoms with Crippen molar-refractivity contribution >= 4 is 11.7 Å². The number of carbonyl (C=O) groups excluding carboxylic acids is 2. The lowest BCUT2D eigenvalue weighted by Gasteiger charge is -2.33. The quantitative estimate of drug-likeness (QED) is 0.768. The first-order valence-electron chi connectivity index (χ1n) is 5.54. The van der Waals surface area contributed by atoms with E-state index in [0.29, 0.717) is 0 Å². The lowest BCUT2D eigenvalue weighted by atomic mass is 9.85. The van der Waals surface area contributed by atoms with E-state index >= 15 is 0 Å². The maximum Gasteiger partial charge on any atom is 0.247 e. The number of hydrogen-bond donors (Lipinski definition) is 1. The van der Waals surface area contributed by atoms with Crippen molar-refractivity contribution in [3.05, 3.63) is 12.2 Å². The minimum absolute atomic E-state index is 0.0129. The zero-order valence-corrected chi connectivity index (χ0v) is 10.4. The van der Waals surface area contributed by atoms with Crippen LogP contribution >= 0.6 is 0 Å². The highest BCUT2D eigenvalue weighted by atomic mass is 16.2. The molecular weight excluding hydrogens is 204 g/mol. The van der Waals surface area contributed by atoms with Crippen LogP contribution in [0.4, 0.5) is 0 Å². The van der Waals surface area contributed by atoms with Gasteiger partial charge < -0.3 is 10.6 Å². The van der Waals surface area contributed by atoms with Crippen LogP contribution in [0.25, 0.3) is 0 Å². The molecule has 2 atom stereocenters. The summed E-state index contributed by atoms with van der Waals surface area (Å²) in [7, 11) is 0. The molecule has 0 aliphatic carbocycles. The Hall–Kier alpha value is -1.16. The van der Waals surface area contributed by atoms with Gasteiger partial charge in [0.15, 0.2) is 5.78 Å². The molecule has 1 heterocycles. The maximum atomic E-state index is 12.2. The van der Waals surface area contributed by atoms with Gasteiger partial charge in [-0.2, -0.15) is 0 Å². The number of nitrogens with zero attached hydrogens (tertiary/aromatic N) is 1. The SMILES string of the molecule is CC1C=CC(=O)N1[C@@H](CN)C(=O)C(C)(C)C. The lowest BCUT2D eigenvalue weighted by Crippen LogP contribution is -2.53. The average molecular weight is 224 g/mol. The Labute approximate surface area is 96.5 Å². The Morgan fingerprint density at radius 2 is 2.12 bits per heavy atom. The molecule has 0 aromatic rings. The molecule has 1 aliphatic rings. The summed E-state index contributed by atoms with van der Waals surface area (Å²) in [4.78, 5) is 25.4. The number of Topliss-reactive ketones (excluding diaryl/α,β-unsaturated/α-hetero) is 1. The van der Waals surface area contributed by atoms with Gasteiger partial charge in [-0.1, -0.05) is 26.8 Å². The molecule has 1 rings (SSSR count). The van der Waals surface area contributed by atoms with Crippen molar-refractivity contribution in [2.45, 2.75) is 39.8 Å². The molecule has 0 aromatic carbocycles. The van der Waals surface area contributed by atoms with E-state index in [0.717, 1.165) is 0 Å². The summed E-state index contributed by atoms with van der Waals surface area (Å²) in [6.45, 7) is 7.60. The van der Waals surface area contributed by atoms with Crippen LogP contribution in [0, 0.1) is 5.41 Å². The van der Waals surface area contributed by atoms with Crippen LogP contribution in [-0.4, -0.2) is 35.2 Å². The monoisotopic (exact) mass is 224 g/mol. The lowest BCUT2D eigenvalue weighted by molar-refractivity contribution is -0.139. The normalized spacial score (nSPS) is 22.7. The van der Waals surface area contributed by atoms with E-state index in [1.807, 2.05) is 27.7 Å². The van der Waals surface area contributed by atoms with Gasteiger partial charge in [-0.05, 0) is 6.92 Å². The second-order valence-electron chi connectivity index (χ2n) is 5.21. The third kappa shape index (κ3) is 2.32. The molecule has 0 spiro atoms.